The predicted molar refractivity (Wildman–Crippen MR) is 114 cm³/mol. The fraction of sp³-hybridized carbons (Fsp3) is 0.286. The lowest BCUT2D eigenvalue weighted by molar-refractivity contribution is -0.118. The van der Waals surface area contributed by atoms with Gasteiger partial charge in [-0.2, -0.15) is 0 Å². The Kier molecular flexibility index (Phi) is 7.17. The summed E-state index contributed by atoms with van der Waals surface area (Å²) in [6.07, 6.45) is 2.12. The highest BCUT2D eigenvalue weighted by Crippen LogP contribution is 2.24. The Hall–Kier alpha value is -2.51. The molecule has 152 valence electrons. The molecule has 6 nitrogen and oxygen atoms in total. The van der Waals surface area contributed by atoms with Gasteiger partial charge in [0.05, 0.1) is 17.9 Å². The molecule has 0 aromatic heterocycles. The maximum atomic E-state index is 12.3. The molecule has 1 saturated heterocycles. The van der Waals surface area contributed by atoms with Gasteiger partial charge in [-0.1, -0.05) is 47.6 Å². The summed E-state index contributed by atoms with van der Waals surface area (Å²) in [4.78, 5) is 35.2. The number of methoxy groups -OCH3 is 1. The van der Waals surface area contributed by atoms with E-state index in [1.165, 1.54) is 7.11 Å². The van der Waals surface area contributed by atoms with Crippen LogP contribution in [-0.2, 0) is 17.6 Å². The third-order valence-electron chi connectivity index (χ3n) is 4.54. The van der Waals surface area contributed by atoms with Gasteiger partial charge in [0, 0.05) is 11.6 Å². The minimum Gasteiger partial charge on any atom is -0.496 e. The Balaban J connectivity index is 1.45. The third-order valence-corrected chi connectivity index (χ3v) is 5.76. The molecular weight excluding hydrogens is 412 g/mol. The summed E-state index contributed by atoms with van der Waals surface area (Å²) in [5.74, 6) is 0.0380. The summed E-state index contributed by atoms with van der Waals surface area (Å²) >= 11 is 7.00. The van der Waals surface area contributed by atoms with E-state index in [1.807, 2.05) is 24.3 Å². The van der Waals surface area contributed by atoms with Gasteiger partial charge in [-0.05, 0) is 48.6 Å². The van der Waals surface area contributed by atoms with Gasteiger partial charge in [0.15, 0.2) is 0 Å². The zero-order chi connectivity index (χ0) is 20.8. The average Bonchev–Trinajstić information content (AvgIpc) is 3.03. The molecule has 0 saturated carbocycles. The van der Waals surface area contributed by atoms with Crippen molar-refractivity contribution in [2.24, 2.45) is 0 Å². The van der Waals surface area contributed by atoms with Gasteiger partial charge in [0.1, 0.15) is 5.75 Å². The number of ether oxygens (including phenoxy) is 1. The van der Waals surface area contributed by atoms with Crippen molar-refractivity contribution in [3.63, 3.8) is 0 Å². The summed E-state index contributed by atoms with van der Waals surface area (Å²) in [6, 6.07) is 12.9. The van der Waals surface area contributed by atoms with Gasteiger partial charge in [-0.3, -0.25) is 19.7 Å². The lowest BCUT2D eigenvalue weighted by Crippen LogP contribution is -2.25. The van der Waals surface area contributed by atoms with Crippen LogP contribution in [-0.4, -0.2) is 36.0 Å². The van der Waals surface area contributed by atoms with E-state index in [2.05, 4.69) is 10.6 Å². The second kappa shape index (κ2) is 9.80. The number of imide groups is 1. The molecule has 8 heteroatoms. The summed E-state index contributed by atoms with van der Waals surface area (Å²) in [5, 5.41) is 5.03. The molecule has 2 aromatic rings. The van der Waals surface area contributed by atoms with Crippen molar-refractivity contribution in [2.75, 3.05) is 13.7 Å². The van der Waals surface area contributed by atoms with Crippen LogP contribution >= 0.6 is 23.4 Å². The first-order valence-corrected chi connectivity index (χ1v) is 10.4. The van der Waals surface area contributed by atoms with Crippen molar-refractivity contribution in [3.8, 4) is 5.75 Å². The zero-order valence-electron chi connectivity index (χ0n) is 15.9. The van der Waals surface area contributed by atoms with Crippen LogP contribution in [0.3, 0.4) is 0 Å². The largest absolute Gasteiger partial charge is 0.496 e. The molecule has 0 spiro atoms. The Bertz CT molecular complexity index is 917. The second-order valence-corrected chi connectivity index (χ2v) is 8.22. The first-order valence-electron chi connectivity index (χ1n) is 9.17. The fourth-order valence-corrected chi connectivity index (χ4v) is 4.06. The van der Waals surface area contributed by atoms with Crippen LogP contribution in [0.2, 0.25) is 5.02 Å². The minimum absolute atomic E-state index is 0.221. The Labute approximate surface area is 178 Å². The molecule has 1 fully saturated rings. The van der Waals surface area contributed by atoms with Gasteiger partial charge in [0.2, 0.25) is 5.91 Å². The highest BCUT2D eigenvalue weighted by atomic mass is 35.5. The van der Waals surface area contributed by atoms with Gasteiger partial charge >= 0.3 is 0 Å². The number of thioether (sulfide) groups is 1. The molecule has 1 unspecified atom stereocenters. The molecule has 2 aromatic carbocycles. The Morgan fingerprint density at radius 2 is 1.90 bits per heavy atom. The van der Waals surface area contributed by atoms with E-state index < -0.39 is 0 Å². The van der Waals surface area contributed by atoms with Crippen LogP contribution in [0, 0.1) is 0 Å². The molecular formula is C21H21ClN2O4S. The molecule has 29 heavy (non-hydrogen) atoms. The van der Waals surface area contributed by atoms with E-state index in [1.54, 1.807) is 18.2 Å². The van der Waals surface area contributed by atoms with Gasteiger partial charge in [0.25, 0.3) is 11.1 Å². The van der Waals surface area contributed by atoms with Gasteiger partial charge in [-0.25, -0.2) is 0 Å². The highest BCUT2D eigenvalue weighted by Gasteiger charge is 2.31. The molecule has 0 aliphatic carbocycles. The molecule has 2 N–H and O–H groups in total. The monoisotopic (exact) mass is 432 g/mol. The van der Waals surface area contributed by atoms with Crippen molar-refractivity contribution in [3.05, 3.63) is 64.2 Å². The van der Waals surface area contributed by atoms with Crippen molar-refractivity contribution in [1.29, 1.82) is 0 Å². The number of hydrogen-bond acceptors (Lipinski definition) is 5. The van der Waals surface area contributed by atoms with E-state index in [0.717, 1.165) is 35.7 Å². The molecule has 1 atom stereocenters. The van der Waals surface area contributed by atoms with Crippen LogP contribution in [0.4, 0.5) is 4.79 Å². The predicted octanol–water partition coefficient (Wildman–Crippen LogP) is 3.61. The number of benzene rings is 2. The maximum Gasteiger partial charge on any atom is 0.286 e. The Morgan fingerprint density at radius 1 is 1.17 bits per heavy atom. The first-order chi connectivity index (χ1) is 14.0. The van der Waals surface area contributed by atoms with Gasteiger partial charge in [-0.15, -0.1) is 0 Å². The smallest absolute Gasteiger partial charge is 0.286 e. The quantitative estimate of drug-likeness (QED) is 0.622. The van der Waals surface area contributed by atoms with Crippen molar-refractivity contribution in [2.45, 2.75) is 24.5 Å². The molecule has 1 aliphatic heterocycles. The summed E-state index contributed by atoms with van der Waals surface area (Å²) in [7, 11) is 1.51. The van der Waals surface area contributed by atoms with E-state index in [9.17, 15) is 14.4 Å². The average molecular weight is 433 g/mol. The van der Waals surface area contributed by atoms with Gasteiger partial charge < -0.3 is 10.1 Å². The number of hydrogen-bond donors (Lipinski definition) is 2. The van der Waals surface area contributed by atoms with Crippen LogP contribution < -0.4 is 15.4 Å². The zero-order valence-corrected chi connectivity index (χ0v) is 17.4. The number of nitrogens with one attached hydrogen (secondary N) is 2. The molecule has 1 aliphatic rings. The van der Waals surface area contributed by atoms with E-state index in [-0.39, 0.29) is 22.3 Å². The summed E-state index contributed by atoms with van der Waals surface area (Å²) < 4.78 is 5.20. The molecule has 1 heterocycles. The SMILES string of the molecule is COc1ccc(Cl)cc1C(=O)NCCCc1ccc(CC2SC(=O)NC2=O)cc1. The van der Waals surface area contributed by atoms with Crippen LogP contribution in [0.25, 0.3) is 0 Å². The lowest BCUT2D eigenvalue weighted by atomic mass is 10.0. The highest BCUT2D eigenvalue weighted by molar-refractivity contribution is 8.15. The number of carbonyl (C=O) groups excluding carboxylic acids is 3. The van der Waals surface area contributed by atoms with E-state index in [0.29, 0.717) is 29.3 Å². The third kappa shape index (κ3) is 5.74. The van der Waals surface area contributed by atoms with Crippen molar-refractivity contribution >= 4 is 40.4 Å². The summed E-state index contributed by atoms with van der Waals surface area (Å²) in [6.45, 7) is 0.525. The molecule has 0 radical (unpaired) electrons. The minimum atomic E-state index is -0.355. The van der Waals surface area contributed by atoms with Crippen LogP contribution in [0.15, 0.2) is 42.5 Å². The van der Waals surface area contributed by atoms with E-state index >= 15 is 0 Å². The number of rotatable bonds is 8. The van der Waals surface area contributed by atoms with Crippen molar-refractivity contribution < 1.29 is 19.1 Å². The number of halogens is 1. The fourth-order valence-electron chi connectivity index (χ4n) is 3.03. The first kappa shape index (κ1) is 21.2. The van der Waals surface area contributed by atoms with Crippen LogP contribution in [0.5, 0.6) is 5.75 Å². The Morgan fingerprint density at radius 3 is 2.55 bits per heavy atom. The summed E-state index contributed by atoms with van der Waals surface area (Å²) in [5.41, 5.74) is 2.57. The standard InChI is InChI=1S/C21H21ClN2O4S/c1-28-17-9-8-15(22)12-16(17)19(25)23-10-2-3-13-4-6-14(7-5-13)11-18-20(26)24-21(27)29-18/h4-9,12,18H,2-3,10-11H2,1H3,(H,23,25)(H,24,26,27). The van der Waals surface area contributed by atoms with Crippen molar-refractivity contribution in [1.82, 2.24) is 10.6 Å². The lowest BCUT2D eigenvalue weighted by Gasteiger charge is -2.10. The van der Waals surface area contributed by atoms with Crippen LogP contribution in [0.1, 0.15) is 27.9 Å². The number of aryl methyl sites for hydroxylation is 1. The van der Waals surface area contributed by atoms with E-state index in [4.69, 9.17) is 16.3 Å². The maximum absolute atomic E-state index is 12.3. The molecule has 3 amide bonds. The number of carbonyl (C=O) groups is 3. The number of amides is 3. The normalized spacial score (nSPS) is 15.9. The second-order valence-electron chi connectivity index (χ2n) is 6.61. The molecule has 3 rings (SSSR count). The topological polar surface area (TPSA) is 84.5 Å². The molecule has 0 bridgehead atoms.